The van der Waals surface area contributed by atoms with Crippen molar-refractivity contribution in [1.29, 1.82) is 0 Å². The Morgan fingerprint density at radius 2 is 2.05 bits per heavy atom. The van der Waals surface area contributed by atoms with Crippen molar-refractivity contribution in [2.45, 2.75) is 31.8 Å². The molecule has 4 heteroatoms. The Kier molecular flexibility index (Phi) is 3.22. The third-order valence-electron chi connectivity index (χ3n) is 3.69. The Morgan fingerprint density at radius 1 is 1.35 bits per heavy atom. The van der Waals surface area contributed by atoms with Crippen LogP contribution in [0.4, 0.5) is 5.69 Å². The normalized spacial score (nSPS) is 15.8. The summed E-state index contributed by atoms with van der Waals surface area (Å²) in [6.07, 6.45) is 4.12. The summed E-state index contributed by atoms with van der Waals surface area (Å²) in [6, 6.07) is 12.1. The van der Waals surface area contributed by atoms with E-state index in [4.69, 9.17) is 5.73 Å². The summed E-state index contributed by atoms with van der Waals surface area (Å²) in [5.74, 6) is -0.0649. The van der Waals surface area contributed by atoms with Gasteiger partial charge in [-0.2, -0.15) is 0 Å². The van der Waals surface area contributed by atoms with Gasteiger partial charge in [0.25, 0.3) is 5.91 Å². The Bertz CT molecular complexity index is 614. The second-order valence-corrected chi connectivity index (χ2v) is 5.40. The van der Waals surface area contributed by atoms with Gasteiger partial charge in [-0.05, 0) is 31.4 Å². The van der Waals surface area contributed by atoms with Crippen molar-refractivity contribution in [3.63, 3.8) is 0 Å². The highest BCUT2D eigenvalue weighted by atomic mass is 16.2. The SMILES string of the molecule is C[C@@H](NC(=O)c1cc(N)cn1C1CC1)c1ccccc1. The van der Waals surface area contributed by atoms with Crippen LogP contribution >= 0.6 is 0 Å². The molecule has 1 atom stereocenters. The van der Waals surface area contributed by atoms with Crippen molar-refractivity contribution in [3.8, 4) is 0 Å². The predicted molar refractivity (Wildman–Crippen MR) is 79.4 cm³/mol. The van der Waals surface area contributed by atoms with Gasteiger partial charge in [-0.15, -0.1) is 0 Å². The van der Waals surface area contributed by atoms with Gasteiger partial charge in [0.15, 0.2) is 0 Å². The summed E-state index contributed by atoms with van der Waals surface area (Å²) in [5, 5.41) is 3.03. The molecule has 20 heavy (non-hydrogen) atoms. The van der Waals surface area contributed by atoms with Crippen molar-refractivity contribution < 1.29 is 4.79 Å². The summed E-state index contributed by atoms with van der Waals surface area (Å²) in [5.41, 5.74) is 8.23. The van der Waals surface area contributed by atoms with Crippen LogP contribution in [0.5, 0.6) is 0 Å². The molecule has 0 radical (unpaired) electrons. The number of amides is 1. The summed E-state index contributed by atoms with van der Waals surface area (Å²) in [4.78, 5) is 12.4. The van der Waals surface area contributed by atoms with Crippen molar-refractivity contribution >= 4 is 11.6 Å². The van der Waals surface area contributed by atoms with Gasteiger partial charge in [0.2, 0.25) is 0 Å². The first-order valence-corrected chi connectivity index (χ1v) is 6.98. The smallest absolute Gasteiger partial charge is 0.268 e. The molecular weight excluding hydrogens is 250 g/mol. The molecule has 1 aromatic heterocycles. The van der Waals surface area contributed by atoms with E-state index in [1.807, 2.05) is 48.0 Å². The lowest BCUT2D eigenvalue weighted by atomic mass is 10.1. The van der Waals surface area contributed by atoms with Crippen LogP contribution in [0.15, 0.2) is 42.6 Å². The van der Waals surface area contributed by atoms with Crippen molar-refractivity contribution in [2.24, 2.45) is 0 Å². The van der Waals surface area contributed by atoms with Crippen LogP contribution in [-0.2, 0) is 0 Å². The van der Waals surface area contributed by atoms with E-state index in [9.17, 15) is 4.79 Å². The lowest BCUT2D eigenvalue weighted by molar-refractivity contribution is 0.0930. The van der Waals surface area contributed by atoms with Crippen LogP contribution in [0, 0.1) is 0 Å². The highest BCUT2D eigenvalue weighted by molar-refractivity contribution is 5.94. The minimum atomic E-state index is -0.0649. The summed E-state index contributed by atoms with van der Waals surface area (Å²) in [7, 11) is 0. The highest BCUT2D eigenvalue weighted by Gasteiger charge is 2.28. The van der Waals surface area contributed by atoms with Crippen LogP contribution in [0.3, 0.4) is 0 Å². The predicted octanol–water partition coefficient (Wildman–Crippen LogP) is 2.90. The molecule has 0 unspecified atom stereocenters. The first-order chi connectivity index (χ1) is 9.65. The van der Waals surface area contributed by atoms with E-state index in [2.05, 4.69) is 5.32 Å². The van der Waals surface area contributed by atoms with E-state index in [0.29, 0.717) is 17.4 Å². The summed E-state index contributed by atoms with van der Waals surface area (Å²) >= 11 is 0. The molecule has 2 aromatic rings. The number of hydrogen-bond donors (Lipinski definition) is 2. The molecule has 1 amide bonds. The summed E-state index contributed by atoms with van der Waals surface area (Å²) in [6.45, 7) is 1.99. The van der Waals surface area contributed by atoms with Crippen LogP contribution in [0.25, 0.3) is 0 Å². The molecular formula is C16H19N3O. The molecule has 1 fully saturated rings. The molecule has 0 saturated heterocycles. The summed E-state index contributed by atoms with van der Waals surface area (Å²) < 4.78 is 2.00. The number of nitrogens with two attached hydrogens (primary N) is 1. The van der Waals surface area contributed by atoms with E-state index >= 15 is 0 Å². The maximum absolute atomic E-state index is 12.4. The number of nitrogens with zero attached hydrogens (tertiary/aromatic N) is 1. The molecule has 1 saturated carbocycles. The molecule has 1 heterocycles. The largest absolute Gasteiger partial charge is 0.397 e. The van der Waals surface area contributed by atoms with Gasteiger partial charge < -0.3 is 15.6 Å². The minimum absolute atomic E-state index is 0.0209. The molecule has 104 valence electrons. The number of benzene rings is 1. The first kappa shape index (κ1) is 12.8. The van der Waals surface area contributed by atoms with Gasteiger partial charge in [-0.1, -0.05) is 30.3 Å². The molecule has 4 nitrogen and oxygen atoms in total. The minimum Gasteiger partial charge on any atom is -0.397 e. The second kappa shape index (κ2) is 5.04. The van der Waals surface area contributed by atoms with Gasteiger partial charge >= 0.3 is 0 Å². The molecule has 1 aliphatic carbocycles. The van der Waals surface area contributed by atoms with E-state index in [0.717, 1.165) is 18.4 Å². The zero-order chi connectivity index (χ0) is 14.1. The Hall–Kier alpha value is -2.23. The third-order valence-corrected chi connectivity index (χ3v) is 3.69. The Morgan fingerprint density at radius 3 is 2.70 bits per heavy atom. The van der Waals surface area contributed by atoms with Gasteiger partial charge in [0.1, 0.15) is 5.69 Å². The number of aromatic nitrogens is 1. The lowest BCUT2D eigenvalue weighted by Crippen LogP contribution is -2.28. The fourth-order valence-electron chi connectivity index (χ4n) is 2.43. The van der Waals surface area contributed by atoms with Gasteiger partial charge in [-0.3, -0.25) is 4.79 Å². The van der Waals surface area contributed by atoms with Crippen molar-refractivity contribution in [3.05, 3.63) is 53.9 Å². The number of hydrogen-bond acceptors (Lipinski definition) is 2. The fraction of sp³-hybridized carbons (Fsp3) is 0.312. The number of nitrogen functional groups attached to an aromatic ring is 1. The zero-order valence-electron chi connectivity index (χ0n) is 11.5. The monoisotopic (exact) mass is 269 g/mol. The van der Waals surface area contributed by atoms with Crippen molar-refractivity contribution in [2.75, 3.05) is 5.73 Å². The molecule has 1 aliphatic rings. The fourth-order valence-corrected chi connectivity index (χ4v) is 2.43. The van der Waals surface area contributed by atoms with Crippen LogP contribution in [0.1, 0.15) is 47.9 Å². The maximum Gasteiger partial charge on any atom is 0.268 e. The first-order valence-electron chi connectivity index (χ1n) is 6.98. The van der Waals surface area contributed by atoms with Gasteiger partial charge in [-0.25, -0.2) is 0 Å². The topological polar surface area (TPSA) is 60.1 Å². The number of carbonyl (C=O) groups excluding carboxylic acids is 1. The molecule has 0 aliphatic heterocycles. The van der Waals surface area contributed by atoms with E-state index < -0.39 is 0 Å². The van der Waals surface area contributed by atoms with Crippen molar-refractivity contribution in [1.82, 2.24) is 9.88 Å². The van der Waals surface area contributed by atoms with Gasteiger partial charge in [0.05, 0.1) is 11.7 Å². The lowest BCUT2D eigenvalue weighted by Gasteiger charge is -2.15. The Labute approximate surface area is 118 Å². The second-order valence-electron chi connectivity index (χ2n) is 5.40. The number of rotatable bonds is 4. The molecule has 0 spiro atoms. The Balaban J connectivity index is 1.76. The average molecular weight is 269 g/mol. The number of nitrogens with one attached hydrogen (secondary N) is 1. The molecule has 0 bridgehead atoms. The number of carbonyl (C=O) groups is 1. The van der Waals surface area contributed by atoms with E-state index in [1.54, 1.807) is 6.07 Å². The maximum atomic E-state index is 12.4. The highest BCUT2D eigenvalue weighted by Crippen LogP contribution is 2.37. The van der Waals surface area contributed by atoms with Crippen LogP contribution in [-0.4, -0.2) is 10.5 Å². The van der Waals surface area contributed by atoms with E-state index in [-0.39, 0.29) is 11.9 Å². The van der Waals surface area contributed by atoms with Crippen LogP contribution < -0.4 is 11.1 Å². The molecule has 3 rings (SSSR count). The third kappa shape index (κ3) is 2.54. The average Bonchev–Trinajstić information content (AvgIpc) is 3.22. The van der Waals surface area contributed by atoms with E-state index in [1.165, 1.54) is 0 Å². The zero-order valence-corrected chi connectivity index (χ0v) is 11.5. The van der Waals surface area contributed by atoms with Crippen LogP contribution in [0.2, 0.25) is 0 Å². The quantitative estimate of drug-likeness (QED) is 0.896. The molecule has 3 N–H and O–H groups in total. The van der Waals surface area contributed by atoms with Gasteiger partial charge in [0, 0.05) is 12.2 Å². The standard InChI is InChI=1S/C16H19N3O/c1-11(12-5-3-2-4-6-12)18-16(20)15-9-13(17)10-19(15)14-7-8-14/h2-6,9-11,14H,7-8,17H2,1H3,(H,18,20)/t11-/m1/s1. The molecule has 1 aromatic carbocycles. The number of anilines is 1.